The Bertz CT molecular complexity index is 468. The van der Waals surface area contributed by atoms with E-state index in [-0.39, 0.29) is 5.78 Å². The predicted molar refractivity (Wildman–Crippen MR) is 52.1 cm³/mol. The Morgan fingerprint density at radius 3 is 2.77 bits per heavy atom. The van der Waals surface area contributed by atoms with E-state index in [9.17, 15) is 4.79 Å². The van der Waals surface area contributed by atoms with Gasteiger partial charge in [-0.25, -0.2) is 0 Å². The molecule has 2 nitrogen and oxygen atoms in total. The molecule has 0 aliphatic carbocycles. The lowest BCUT2D eigenvalue weighted by Crippen LogP contribution is -1.93. The SMILES string of the molecule is CC(=O)c1cc2ccccn2c1C. The number of rotatable bonds is 1. The highest BCUT2D eigenvalue weighted by molar-refractivity contribution is 5.96. The van der Waals surface area contributed by atoms with E-state index in [1.807, 2.05) is 41.8 Å². The standard InChI is InChI=1S/C11H11NO/c1-8-11(9(2)13)7-10-5-3-4-6-12(8)10/h3-7H,1-2H3. The van der Waals surface area contributed by atoms with Crippen molar-refractivity contribution in [3.8, 4) is 0 Å². The number of nitrogens with zero attached hydrogens (tertiary/aromatic N) is 1. The molecule has 0 saturated carbocycles. The summed E-state index contributed by atoms with van der Waals surface area (Å²) in [6.45, 7) is 3.56. The molecular formula is C11H11NO. The Kier molecular flexibility index (Phi) is 1.69. The van der Waals surface area contributed by atoms with Gasteiger partial charge in [0.1, 0.15) is 0 Å². The highest BCUT2D eigenvalue weighted by Gasteiger charge is 2.08. The molecule has 2 heterocycles. The van der Waals surface area contributed by atoms with Gasteiger partial charge in [-0.3, -0.25) is 4.79 Å². The largest absolute Gasteiger partial charge is 0.320 e. The first-order valence-corrected chi connectivity index (χ1v) is 4.28. The first-order valence-electron chi connectivity index (χ1n) is 4.28. The fraction of sp³-hybridized carbons (Fsp3) is 0.182. The minimum atomic E-state index is 0.126. The van der Waals surface area contributed by atoms with Gasteiger partial charge < -0.3 is 4.40 Å². The van der Waals surface area contributed by atoms with Crippen LogP contribution in [0.25, 0.3) is 5.52 Å². The average molecular weight is 173 g/mol. The number of aromatic nitrogens is 1. The van der Waals surface area contributed by atoms with Gasteiger partial charge in [-0.05, 0) is 32.0 Å². The number of hydrogen-bond acceptors (Lipinski definition) is 1. The molecule has 0 aliphatic heterocycles. The van der Waals surface area contributed by atoms with Crippen molar-refractivity contribution in [3.63, 3.8) is 0 Å². The Hall–Kier alpha value is -1.57. The molecule has 2 rings (SSSR count). The predicted octanol–water partition coefficient (Wildman–Crippen LogP) is 2.45. The van der Waals surface area contributed by atoms with Crippen molar-refractivity contribution in [1.82, 2.24) is 4.40 Å². The minimum absolute atomic E-state index is 0.126. The molecule has 0 fully saturated rings. The van der Waals surface area contributed by atoms with Crippen molar-refractivity contribution in [3.05, 3.63) is 41.7 Å². The summed E-state index contributed by atoms with van der Waals surface area (Å²) >= 11 is 0. The van der Waals surface area contributed by atoms with Gasteiger partial charge in [-0.1, -0.05) is 6.07 Å². The number of pyridine rings is 1. The normalized spacial score (nSPS) is 10.6. The summed E-state index contributed by atoms with van der Waals surface area (Å²) < 4.78 is 2.02. The molecule has 0 radical (unpaired) electrons. The van der Waals surface area contributed by atoms with E-state index < -0.39 is 0 Å². The monoisotopic (exact) mass is 173 g/mol. The van der Waals surface area contributed by atoms with Crippen LogP contribution >= 0.6 is 0 Å². The maximum atomic E-state index is 11.2. The first kappa shape index (κ1) is 8.05. The number of hydrogen-bond donors (Lipinski definition) is 0. The third kappa shape index (κ3) is 1.15. The zero-order valence-corrected chi connectivity index (χ0v) is 7.74. The molecule has 0 N–H and O–H groups in total. The Balaban J connectivity index is 2.81. The summed E-state index contributed by atoms with van der Waals surface area (Å²) in [4.78, 5) is 11.2. The van der Waals surface area contributed by atoms with Gasteiger partial charge in [0.2, 0.25) is 0 Å². The topological polar surface area (TPSA) is 21.5 Å². The number of Topliss-reactive ketones (excluding diaryl/α,β-unsaturated/α-hetero) is 1. The molecular weight excluding hydrogens is 162 g/mol. The highest BCUT2D eigenvalue weighted by atomic mass is 16.1. The molecule has 0 saturated heterocycles. The lowest BCUT2D eigenvalue weighted by molar-refractivity contribution is 0.101. The van der Waals surface area contributed by atoms with E-state index >= 15 is 0 Å². The summed E-state index contributed by atoms with van der Waals surface area (Å²) in [7, 11) is 0. The van der Waals surface area contributed by atoms with E-state index in [0.29, 0.717) is 0 Å². The number of fused-ring (bicyclic) bond motifs is 1. The van der Waals surface area contributed by atoms with Gasteiger partial charge in [0.25, 0.3) is 0 Å². The summed E-state index contributed by atoms with van der Waals surface area (Å²) in [5.74, 6) is 0.126. The van der Waals surface area contributed by atoms with Crippen LogP contribution in [0.15, 0.2) is 30.5 Å². The fourth-order valence-corrected chi connectivity index (χ4v) is 1.62. The number of aryl methyl sites for hydroxylation is 1. The van der Waals surface area contributed by atoms with Crippen molar-refractivity contribution in [2.45, 2.75) is 13.8 Å². The van der Waals surface area contributed by atoms with Crippen LogP contribution in [0.5, 0.6) is 0 Å². The molecule has 2 aromatic rings. The van der Waals surface area contributed by atoms with Gasteiger partial charge in [0.05, 0.1) is 0 Å². The summed E-state index contributed by atoms with van der Waals surface area (Å²) in [5, 5.41) is 0. The Morgan fingerprint density at radius 2 is 2.15 bits per heavy atom. The summed E-state index contributed by atoms with van der Waals surface area (Å²) in [5.41, 5.74) is 2.90. The fourth-order valence-electron chi connectivity index (χ4n) is 1.62. The zero-order chi connectivity index (χ0) is 9.42. The molecule has 2 aromatic heterocycles. The highest BCUT2D eigenvalue weighted by Crippen LogP contribution is 2.15. The lowest BCUT2D eigenvalue weighted by atomic mass is 10.2. The molecule has 0 unspecified atom stereocenters. The second-order valence-electron chi connectivity index (χ2n) is 3.20. The van der Waals surface area contributed by atoms with E-state index in [4.69, 9.17) is 0 Å². The zero-order valence-electron chi connectivity index (χ0n) is 7.74. The summed E-state index contributed by atoms with van der Waals surface area (Å²) in [6, 6.07) is 7.86. The molecule has 0 amide bonds. The van der Waals surface area contributed by atoms with E-state index in [1.54, 1.807) is 6.92 Å². The van der Waals surface area contributed by atoms with Crippen LogP contribution < -0.4 is 0 Å². The van der Waals surface area contributed by atoms with Gasteiger partial charge in [-0.15, -0.1) is 0 Å². The molecule has 66 valence electrons. The van der Waals surface area contributed by atoms with Crippen LogP contribution in [-0.2, 0) is 0 Å². The van der Waals surface area contributed by atoms with Crippen molar-refractivity contribution in [2.75, 3.05) is 0 Å². The second kappa shape index (κ2) is 2.73. The minimum Gasteiger partial charge on any atom is -0.320 e. The van der Waals surface area contributed by atoms with Crippen LogP contribution in [0.2, 0.25) is 0 Å². The third-order valence-corrected chi connectivity index (χ3v) is 2.31. The molecule has 13 heavy (non-hydrogen) atoms. The van der Waals surface area contributed by atoms with Crippen molar-refractivity contribution < 1.29 is 4.79 Å². The van der Waals surface area contributed by atoms with Gasteiger partial charge in [-0.2, -0.15) is 0 Å². The molecule has 0 bridgehead atoms. The molecule has 0 atom stereocenters. The maximum Gasteiger partial charge on any atom is 0.161 e. The van der Waals surface area contributed by atoms with E-state index in [1.165, 1.54) is 0 Å². The van der Waals surface area contributed by atoms with Crippen LogP contribution in [0.3, 0.4) is 0 Å². The van der Waals surface area contributed by atoms with Crippen molar-refractivity contribution in [1.29, 1.82) is 0 Å². The molecule has 2 heteroatoms. The summed E-state index contributed by atoms with van der Waals surface area (Å²) in [6.07, 6.45) is 1.97. The number of ketones is 1. The van der Waals surface area contributed by atoms with Crippen molar-refractivity contribution >= 4 is 11.3 Å². The lowest BCUT2D eigenvalue weighted by Gasteiger charge is -1.96. The Morgan fingerprint density at radius 1 is 1.38 bits per heavy atom. The molecule has 0 spiro atoms. The van der Waals surface area contributed by atoms with E-state index in [0.717, 1.165) is 16.8 Å². The Labute approximate surface area is 76.8 Å². The third-order valence-electron chi connectivity index (χ3n) is 2.31. The van der Waals surface area contributed by atoms with Crippen molar-refractivity contribution in [2.24, 2.45) is 0 Å². The maximum absolute atomic E-state index is 11.2. The van der Waals surface area contributed by atoms with Crippen LogP contribution in [-0.4, -0.2) is 10.2 Å². The van der Waals surface area contributed by atoms with Crippen LogP contribution in [0.1, 0.15) is 23.0 Å². The van der Waals surface area contributed by atoms with Gasteiger partial charge in [0.15, 0.2) is 5.78 Å². The molecule has 0 aromatic carbocycles. The second-order valence-corrected chi connectivity index (χ2v) is 3.20. The first-order chi connectivity index (χ1) is 6.20. The number of carbonyl (C=O) groups is 1. The van der Waals surface area contributed by atoms with Crippen LogP contribution in [0, 0.1) is 6.92 Å². The number of carbonyl (C=O) groups excluding carboxylic acids is 1. The quantitative estimate of drug-likeness (QED) is 0.607. The van der Waals surface area contributed by atoms with Crippen LogP contribution in [0.4, 0.5) is 0 Å². The van der Waals surface area contributed by atoms with Gasteiger partial charge in [0, 0.05) is 23.0 Å². The average Bonchev–Trinajstić information content (AvgIpc) is 2.45. The van der Waals surface area contributed by atoms with Gasteiger partial charge >= 0.3 is 0 Å². The molecule has 0 aliphatic rings. The van der Waals surface area contributed by atoms with E-state index in [2.05, 4.69) is 0 Å². The smallest absolute Gasteiger partial charge is 0.161 e.